The van der Waals surface area contributed by atoms with E-state index < -0.39 is 0 Å². The van der Waals surface area contributed by atoms with Gasteiger partial charge in [-0.3, -0.25) is 0 Å². The Hall–Kier alpha value is -0.380. The van der Waals surface area contributed by atoms with E-state index in [4.69, 9.17) is 5.73 Å². The second-order valence-electron chi connectivity index (χ2n) is 5.70. The monoisotopic (exact) mass is 325 g/mol. The van der Waals surface area contributed by atoms with Crippen molar-refractivity contribution in [2.45, 2.75) is 50.5 Å². The zero-order valence-electron chi connectivity index (χ0n) is 11.4. The fourth-order valence-corrected chi connectivity index (χ4v) is 3.60. The molecule has 1 saturated carbocycles. The molecule has 2 rings (SSSR count). The van der Waals surface area contributed by atoms with E-state index in [1.165, 1.54) is 32.1 Å². The highest BCUT2D eigenvalue weighted by molar-refractivity contribution is 9.10. The molecule has 19 heavy (non-hydrogen) atoms. The van der Waals surface area contributed by atoms with Crippen LogP contribution in [0.5, 0.6) is 0 Å². The standard InChI is InChI=1S/C16H24BrNO/c17-14-8-4-7-13(10-14)15(11-18)16(19)9-12-5-2-1-3-6-12/h4,7-8,10,12,15-16,19H,1-3,5-6,9,11,18H2. The quantitative estimate of drug-likeness (QED) is 0.864. The predicted octanol–water partition coefficient (Wildman–Crippen LogP) is 3.82. The summed E-state index contributed by atoms with van der Waals surface area (Å²) in [7, 11) is 0. The molecule has 0 heterocycles. The summed E-state index contributed by atoms with van der Waals surface area (Å²) in [5.41, 5.74) is 7.02. The predicted molar refractivity (Wildman–Crippen MR) is 83.1 cm³/mol. The van der Waals surface area contributed by atoms with Crippen LogP contribution in [0.25, 0.3) is 0 Å². The molecule has 0 radical (unpaired) electrons. The number of hydrogen-bond donors (Lipinski definition) is 2. The number of nitrogens with two attached hydrogens (primary N) is 1. The molecule has 2 unspecified atom stereocenters. The highest BCUT2D eigenvalue weighted by Gasteiger charge is 2.24. The third kappa shape index (κ3) is 4.30. The summed E-state index contributed by atoms with van der Waals surface area (Å²) in [6.45, 7) is 0.504. The minimum Gasteiger partial charge on any atom is -0.392 e. The van der Waals surface area contributed by atoms with E-state index in [1.54, 1.807) is 0 Å². The lowest BCUT2D eigenvalue weighted by molar-refractivity contribution is 0.106. The van der Waals surface area contributed by atoms with Gasteiger partial charge in [0.25, 0.3) is 0 Å². The van der Waals surface area contributed by atoms with Crippen molar-refractivity contribution < 1.29 is 5.11 Å². The van der Waals surface area contributed by atoms with Crippen molar-refractivity contribution in [3.05, 3.63) is 34.3 Å². The zero-order chi connectivity index (χ0) is 13.7. The van der Waals surface area contributed by atoms with Gasteiger partial charge in [-0.1, -0.05) is 60.2 Å². The van der Waals surface area contributed by atoms with E-state index in [0.717, 1.165) is 16.5 Å². The Kier molecular flexibility index (Phi) is 5.86. The van der Waals surface area contributed by atoms with E-state index in [2.05, 4.69) is 28.1 Å². The third-order valence-electron chi connectivity index (χ3n) is 4.29. The Morgan fingerprint density at radius 1 is 1.26 bits per heavy atom. The molecule has 0 spiro atoms. The molecule has 1 aromatic rings. The molecule has 2 atom stereocenters. The fraction of sp³-hybridized carbons (Fsp3) is 0.625. The van der Waals surface area contributed by atoms with E-state index in [1.807, 2.05) is 12.1 Å². The summed E-state index contributed by atoms with van der Waals surface area (Å²) < 4.78 is 1.05. The Morgan fingerprint density at radius 2 is 2.00 bits per heavy atom. The van der Waals surface area contributed by atoms with Crippen molar-refractivity contribution in [3.63, 3.8) is 0 Å². The van der Waals surface area contributed by atoms with Crippen molar-refractivity contribution in [2.75, 3.05) is 6.54 Å². The van der Waals surface area contributed by atoms with Crippen LogP contribution >= 0.6 is 15.9 Å². The van der Waals surface area contributed by atoms with E-state index >= 15 is 0 Å². The lowest BCUT2D eigenvalue weighted by atomic mass is 9.81. The van der Waals surface area contributed by atoms with Gasteiger partial charge in [0.15, 0.2) is 0 Å². The molecule has 1 fully saturated rings. The molecule has 0 saturated heterocycles. The molecule has 0 amide bonds. The first-order chi connectivity index (χ1) is 9.20. The van der Waals surface area contributed by atoms with Crippen LogP contribution in [0.15, 0.2) is 28.7 Å². The number of aliphatic hydroxyl groups is 1. The van der Waals surface area contributed by atoms with E-state index in [9.17, 15) is 5.11 Å². The number of benzene rings is 1. The number of aliphatic hydroxyl groups excluding tert-OH is 1. The molecule has 1 aromatic carbocycles. The maximum absolute atomic E-state index is 10.5. The summed E-state index contributed by atoms with van der Waals surface area (Å²) in [5, 5.41) is 10.5. The second-order valence-corrected chi connectivity index (χ2v) is 6.62. The minimum atomic E-state index is -0.317. The van der Waals surface area contributed by atoms with Crippen LogP contribution in [0.2, 0.25) is 0 Å². The smallest absolute Gasteiger partial charge is 0.0623 e. The van der Waals surface area contributed by atoms with Crippen molar-refractivity contribution >= 4 is 15.9 Å². The van der Waals surface area contributed by atoms with Gasteiger partial charge >= 0.3 is 0 Å². The van der Waals surface area contributed by atoms with Gasteiger partial charge in [-0.05, 0) is 30.0 Å². The van der Waals surface area contributed by atoms with Crippen molar-refractivity contribution in [3.8, 4) is 0 Å². The van der Waals surface area contributed by atoms with Gasteiger partial charge in [0.05, 0.1) is 6.10 Å². The van der Waals surface area contributed by atoms with Gasteiger partial charge in [0.1, 0.15) is 0 Å². The number of hydrogen-bond acceptors (Lipinski definition) is 2. The average Bonchev–Trinajstić information content (AvgIpc) is 2.41. The number of rotatable bonds is 5. The van der Waals surface area contributed by atoms with Gasteiger partial charge in [0.2, 0.25) is 0 Å². The van der Waals surface area contributed by atoms with Gasteiger partial charge in [-0.25, -0.2) is 0 Å². The Labute approximate surface area is 124 Å². The Morgan fingerprint density at radius 3 is 2.63 bits per heavy atom. The highest BCUT2D eigenvalue weighted by Crippen LogP contribution is 2.31. The van der Waals surface area contributed by atoms with Crippen molar-refractivity contribution in [1.82, 2.24) is 0 Å². The summed E-state index contributed by atoms with van der Waals surface area (Å²) in [6.07, 6.45) is 7.12. The molecule has 0 aliphatic heterocycles. The van der Waals surface area contributed by atoms with Crippen molar-refractivity contribution in [2.24, 2.45) is 11.7 Å². The second kappa shape index (κ2) is 7.41. The molecule has 2 nitrogen and oxygen atoms in total. The molecule has 3 N–H and O–H groups in total. The van der Waals surface area contributed by atoms with Crippen LogP contribution in [0.4, 0.5) is 0 Å². The molecular formula is C16H24BrNO. The SMILES string of the molecule is NCC(c1cccc(Br)c1)C(O)CC1CCCCC1. The number of halogens is 1. The highest BCUT2D eigenvalue weighted by atomic mass is 79.9. The molecular weight excluding hydrogens is 302 g/mol. The summed E-state index contributed by atoms with van der Waals surface area (Å²) in [5.74, 6) is 0.740. The Bertz CT molecular complexity index is 390. The largest absolute Gasteiger partial charge is 0.392 e. The van der Waals surface area contributed by atoms with Crippen LogP contribution in [0.1, 0.15) is 50.0 Å². The molecule has 1 aliphatic rings. The summed E-state index contributed by atoms with van der Waals surface area (Å²) in [6, 6.07) is 8.15. The lowest BCUT2D eigenvalue weighted by Crippen LogP contribution is -2.28. The van der Waals surface area contributed by atoms with Crippen LogP contribution in [-0.4, -0.2) is 17.8 Å². The average molecular weight is 326 g/mol. The normalized spacial score (nSPS) is 20.2. The first-order valence-corrected chi connectivity index (χ1v) is 8.13. The lowest BCUT2D eigenvalue weighted by Gasteiger charge is -2.28. The minimum absolute atomic E-state index is 0.0550. The van der Waals surface area contributed by atoms with Crippen LogP contribution in [0, 0.1) is 5.92 Å². The first-order valence-electron chi connectivity index (χ1n) is 7.34. The summed E-state index contributed by atoms with van der Waals surface area (Å²) >= 11 is 3.48. The maximum atomic E-state index is 10.5. The van der Waals surface area contributed by atoms with Crippen molar-refractivity contribution in [1.29, 1.82) is 0 Å². The van der Waals surface area contributed by atoms with Gasteiger partial charge < -0.3 is 10.8 Å². The van der Waals surface area contributed by atoms with Gasteiger partial charge in [-0.15, -0.1) is 0 Å². The molecule has 106 valence electrons. The van der Waals surface area contributed by atoms with E-state index in [-0.39, 0.29) is 12.0 Å². The van der Waals surface area contributed by atoms with Crippen LogP contribution in [-0.2, 0) is 0 Å². The first kappa shape index (κ1) is 15.0. The van der Waals surface area contributed by atoms with Gasteiger partial charge in [-0.2, -0.15) is 0 Å². The molecule has 0 bridgehead atoms. The fourth-order valence-electron chi connectivity index (χ4n) is 3.18. The zero-order valence-corrected chi connectivity index (χ0v) is 13.0. The van der Waals surface area contributed by atoms with Crippen LogP contribution < -0.4 is 5.73 Å². The van der Waals surface area contributed by atoms with Crippen LogP contribution in [0.3, 0.4) is 0 Å². The molecule has 3 heteroatoms. The summed E-state index contributed by atoms with van der Waals surface area (Å²) in [4.78, 5) is 0. The van der Waals surface area contributed by atoms with Gasteiger partial charge in [0, 0.05) is 16.9 Å². The molecule has 0 aromatic heterocycles. The topological polar surface area (TPSA) is 46.2 Å². The third-order valence-corrected chi connectivity index (χ3v) is 4.79. The Balaban J connectivity index is 1.99. The van der Waals surface area contributed by atoms with E-state index in [0.29, 0.717) is 12.5 Å². The maximum Gasteiger partial charge on any atom is 0.0623 e. The molecule has 1 aliphatic carbocycles.